The molecule has 0 heterocycles. The van der Waals surface area contributed by atoms with Gasteiger partial charge in [0.15, 0.2) is 0 Å². The first-order valence-corrected chi connectivity index (χ1v) is 7.75. The Kier molecular flexibility index (Phi) is 5.26. The molecule has 1 aromatic rings. The smallest absolute Gasteiger partial charge is 0.0513 e. The molecule has 1 fully saturated rings. The highest BCUT2D eigenvalue weighted by molar-refractivity contribution is 6.31. The number of nitrogens with two attached hydrogens (primary N) is 1. The third-order valence-electron chi connectivity index (χ3n) is 4.44. The van der Waals surface area contributed by atoms with E-state index in [9.17, 15) is 0 Å². The van der Waals surface area contributed by atoms with Crippen LogP contribution in [0.1, 0.15) is 50.6 Å². The molecule has 0 amide bonds. The molecule has 0 aromatic heterocycles. The molecule has 0 aliphatic heterocycles. The van der Waals surface area contributed by atoms with Gasteiger partial charge in [-0.1, -0.05) is 49.6 Å². The average molecular weight is 281 g/mol. The van der Waals surface area contributed by atoms with Crippen LogP contribution in [0.25, 0.3) is 0 Å². The van der Waals surface area contributed by atoms with E-state index in [-0.39, 0.29) is 12.1 Å². The minimum atomic E-state index is 0.130. The fraction of sp³-hybridized carbons (Fsp3) is 0.625. The van der Waals surface area contributed by atoms with Crippen LogP contribution in [0.4, 0.5) is 0 Å². The first-order chi connectivity index (χ1) is 9.15. The summed E-state index contributed by atoms with van der Waals surface area (Å²) in [6, 6.07) is 9.13. The SMILES string of the molecule is CCC(N)C(c1ccccc1Cl)N(C)C1CCCC1. The summed E-state index contributed by atoms with van der Waals surface area (Å²) in [4.78, 5) is 2.46. The summed E-state index contributed by atoms with van der Waals surface area (Å²) in [7, 11) is 2.21. The van der Waals surface area contributed by atoms with Crippen molar-refractivity contribution in [2.24, 2.45) is 5.73 Å². The van der Waals surface area contributed by atoms with Gasteiger partial charge in [0.2, 0.25) is 0 Å². The lowest BCUT2D eigenvalue weighted by Gasteiger charge is -2.37. The number of benzene rings is 1. The molecule has 2 N–H and O–H groups in total. The van der Waals surface area contributed by atoms with Crippen molar-refractivity contribution < 1.29 is 0 Å². The van der Waals surface area contributed by atoms with Gasteiger partial charge in [0, 0.05) is 17.1 Å². The lowest BCUT2D eigenvalue weighted by molar-refractivity contribution is 0.150. The fourth-order valence-electron chi connectivity index (χ4n) is 3.23. The zero-order valence-corrected chi connectivity index (χ0v) is 12.7. The Morgan fingerprint density at radius 2 is 1.95 bits per heavy atom. The normalized spacial score (nSPS) is 19.8. The fourth-order valence-corrected chi connectivity index (χ4v) is 3.48. The van der Waals surface area contributed by atoms with E-state index in [0.717, 1.165) is 11.4 Å². The van der Waals surface area contributed by atoms with Crippen molar-refractivity contribution in [2.45, 2.75) is 57.2 Å². The maximum absolute atomic E-state index is 6.39. The highest BCUT2D eigenvalue weighted by Gasteiger charge is 2.30. The summed E-state index contributed by atoms with van der Waals surface area (Å²) >= 11 is 6.39. The summed E-state index contributed by atoms with van der Waals surface area (Å²) in [5.74, 6) is 0. The van der Waals surface area contributed by atoms with Crippen molar-refractivity contribution in [1.82, 2.24) is 4.90 Å². The Hall–Kier alpha value is -0.570. The van der Waals surface area contributed by atoms with Crippen LogP contribution >= 0.6 is 11.6 Å². The standard InChI is InChI=1S/C16H25ClN2/c1-3-15(18)16(13-10-6-7-11-14(13)17)19(2)12-8-4-5-9-12/h6-7,10-12,15-16H,3-5,8-9,18H2,1-2H3. The molecule has 2 unspecified atom stereocenters. The number of rotatable bonds is 5. The third-order valence-corrected chi connectivity index (χ3v) is 4.78. The van der Waals surface area contributed by atoms with Gasteiger partial charge in [-0.15, -0.1) is 0 Å². The van der Waals surface area contributed by atoms with E-state index in [1.54, 1.807) is 0 Å². The van der Waals surface area contributed by atoms with Crippen LogP contribution in [0.3, 0.4) is 0 Å². The van der Waals surface area contributed by atoms with Gasteiger partial charge in [0.25, 0.3) is 0 Å². The highest BCUT2D eigenvalue weighted by atomic mass is 35.5. The van der Waals surface area contributed by atoms with Crippen molar-refractivity contribution in [3.05, 3.63) is 34.9 Å². The summed E-state index contributed by atoms with van der Waals surface area (Å²) in [6.45, 7) is 2.15. The summed E-state index contributed by atoms with van der Waals surface area (Å²) in [6.07, 6.45) is 6.21. The van der Waals surface area contributed by atoms with E-state index in [2.05, 4.69) is 31.0 Å². The molecule has 1 aliphatic carbocycles. The molecule has 1 saturated carbocycles. The van der Waals surface area contributed by atoms with Crippen LogP contribution in [-0.4, -0.2) is 24.0 Å². The maximum atomic E-state index is 6.39. The van der Waals surface area contributed by atoms with Crippen molar-refractivity contribution in [2.75, 3.05) is 7.05 Å². The highest BCUT2D eigenvalue weighted by Crippen LogP contribution is 2.34. The van der Waals surface area contributed by atoms with Crippen LogP contribution in [0, 0.1) is 0 Å². The van der Waals surface area contributed by atoms with Crippen molar-refractivity contribution in [3.8, 4) is 0 Å². The maximum Gasteiger partial charge on any atom is 0.0513 e. The monoisotopic (exact) mass is 280 g/mol. The van der Waals surface area contributed by atoms with Gasteiger partial charge in [0.1, 0.15) is 0 Å². The van der Waals surface area contributed by atoms with Gasteiger partial charge < -0.3 is 5.73 Å². The molecule has 0 saturated heterocycles. The van der Waals surface area contributed by atoms with Crippen LogP contribution in [-0.2, 0) is 0 Å². The lowest BCUT2D eigenvalue weighted by atomic mass is 9.95. The van der Waals surface area contributed by atoms with Gasteiger partial charge >= 0.3 is 0 Å². The number of likely N-dealkylation sites (N-methyl/N-ethyl adjacent to an activating group) is 1. The molecule has 0 bridgehead atoms. The Labute approximate surface area is 121 Å². The summed E-state index contributed by atoms with van der Waals surface area (Å²) < 4.78 is 0. The molecule has 0 radical (unpaired) electrons. The van der Waals surface area contributed by atoms with Gasteiger partial charge in [-0.2, -0.15) is 0 Å². The van der Waals surface area contributed by atoms with E-state index in [0.29, 0.717) is 6.04 Å². The van der Waals surface area contributed by atoms with Gasteiger partial charge in [0.05, 0.1) is 6.04 Å². The average Bonchev–Trinajstić information content (AvgIpc) is 2.94. The summed E-state index contributed by atoms with van der Waals surface area (Å²) in [5.41, 5.74) is 7.56. The predicted molar refractivity (Wildman–Crippen MR) is 82.5 cm³/mol. The second-order valence-electron chi connectivity index (χ2n) is 5.64. The van der Waals surface area contributed by atoms with Crippen LogP contribution < -0.4 is 5.73 Å². The van der Waals surface area contributed by atoms with Crippen molar-refractivity contribution in [3.63, 3.8) is 0 Å². The molecule has 2 nitrogen and oxygen atoms in total. The zero-order valence-electron chi connectivity index (χ0n) is 12.0. The number of hydrogen-bond donors (Lipinski definition) is 1. The largest absolute Gasteiger partial charge is 0.326 e. The molecule has 0 spiro atoms. The van der Waals surface area contributed by atoms with Gasteiger partial charge in [-0.3, -0.25) is 4.90 Å². The Balaban J connectivity index is 2.27. The van der Waals surface area contributed by atoms with E-state index >= 15 is 0 Å². The molecule has 2 rings (SSSR count). The van der Waals surface area contributed by atoms with E-state index in [4.69, 9.17) is 17.3 Å². The molecule has 1 aromatic carbocycles. The molecule has 106 valence electrons. The minimum absolute atomic E-state index is 0.130. The molecular weight excluding hydrogens is 256 g/mol. The van der Waals surface area contributed by atoms with Gasteiger partial charge in [-0.25, -0.2) is 0 Å². The molecule has 1 aliphatic rings. The van der Waals surface area contributed by atoms with Crippen LogP contribution in [0.5, 0.6) is 0 Å². The molecule has 3 heteroatoms. The van der Waals surface area contributed by atoms with E-state index in [1.165, 1.54) is 31.2 Å². The second-order valence-corrected chi connectivity index (χ2v) is 6.05. The Morgan fingerprint density at radius 3 is 2.53 bits per heavy atom. The quantitative estimate of drug-likeness (QED) is 0.883. The van der Waals surface area contributed by atoms with E-state index in [1.807, 2.05) is 12.1 Å². The molecular formula is C16H25ClN2. The van der Waals surface area contributed by atoms with Crippen molar-refractivity contribution >= 4 is 11.6 Å². The Morgan fingerprint density at radius 1 is 1.32 bits per heavy atom. The summed E-state index contributed by atoms with van der Waals surface area (Å²) in [5, 5.41) is 0.834. The van der Waals surface area contributed by atoms with Crippen LogP contribution in [0.2, 0.25) is 5.02 Å². The number of nitrogens with zero attached hydrogens (tertiary/aromatic N) is 1. The van der Waals surface area contributed by atoms with Crippen molar-refractivity contribution in [1.29, 1.82) is 0 Å². The third kappa shape index (κ3) is 3.31. The first kappa shape index (κ1) is 14.8. The predicted octanol–water partition coefficient (Wildman–Crippen LogP) is 3.99. The Bertz CT molecular complexity index is 401. The number of hydrogen-bond acceptors (Lipinski definition) is 2. The van der Waals surface area contributed by atoms with Gasteiger partial charge in [-0.05, 0) is 37.9 Å². The van der Waals surface area contributed by atoms with E-state index < -0.39 is 0 Å². The molecule has 2 atom stereocenters. The minimum Gasteiger partial charge on any atom is -0.326 e. The second kappa shape index (κ2) is 6.74. The molecule has 19 heavy (non-hydrogen) atoms. The number of halogens is 1. The first-order valence-electron chi connectivity index (χ1n) is 7.37. The van der Waals surface area contributed by atoms with Crippen LogP contribution in [0.15, 0.2) is 24.3 Å². The topological polar surface area (TPSA) is 29.3 Å². The zero-order chi connectivity index (χ0) is 13.8. The lowest BCUT2D eigenvalue weighted by Crippen LogP contribution is -2.43.